The van der Waals surface area contributed by atoms with E-state index in [9.17, 15) is 18.0 Å². The molecular formula is C15H12ClF3N4O. The van der Waals surface area contributed by atoms with Crippen molar-refractivity contribution in [2.75, 3.05) is 11.9 Å². The van der Waals surface area contributed by atoms with E-state index in [2.05, 4.69) is 27.2 Å². The number of hydrogen-bond donors (Lipinski definition) is 2. The van der Waals surface area contributed by atoms with Crippen LogP contribution in [0.4, 0.5) is 24.7 Å². The van der Waals surface area contributed by atoms with E-state index in [0.717, 1.165) is 12.1 Å². The van der Waals surface area contributed by atoms with Gasteiger partial charge in [0, 0.05) is 12.2 Å². The minimum atomic E-state index is -4.56. The monoisotopic (exact) mass is 356 g/mol. The van der Waals surface area contributed by atoms with Gasteiger partial charge in [-0.2, -0.15) is 13.2 Å². The van der Waals surface area contributed by atoms with Crippen LogP contribution in [0.2, 0.25) is 5.02 Å². The van der Waals surface area contributed by atoms with Gasteiger partial charge in [-0.15, -0.1) is 6.58 Å². The Kier molecular flexibility index (Phi) is 5.40. The standard InChI is InChI=1S/C15H12ClF3N4O/c1-2-5-20-14(24)12-7-22-13(8-21-12)23-9-3-4-11(16)10(6-9)15(17,18)19/h2-4,6-8H,1,5H2,(H,20,24)(H,22,23). The molecule has 1 heterocycles. The fourth-order valence-electron chi connectivity index (χ4n) is 1.73. The zero-order chi connectivity index (χ0) is 17.7. The molecule has 0 bridgehead atoms. The molecule has 2 rings (SSSR count). The molecule has 5 nitrogen and oxygen atoms in total. The lowest BCUT2D eigenvalue weighted by atomic mass is 10.2. The molecule has 0 fully saturated rings. The van der Waals surface area contributed by atoms with Crippen LogP contribution >= 0.6 is 11.6 Å². The molecule has 0 atom stereocenters. The third kappa shape index (κ3) is 4.45. The minimum absolute atomic E-state index is 0.0782. The van der Waals surface area contributed by atoms with Crippen LogP contribution in [0, 0.1) is 0 Å². The van der Waals surface area contributed by atoms with Crippen molar-refractivity contribution in [1.29, 1.82) is 0 Å². The summed E-state index contributed by atoms with van der Waals surface area (Å²) in [6.45, 7) is 3.75. The van der Waals surface area contributed by atoms with Gasteiger partial charge < -0.3 is 10.6 Å². The molecule has 1 aromatic carbocycles. The number of alkyl halides is 3. The smallest absolute Gasteiger partial charge is 0.347 e. The number of carbonyl (C=O) groups is 1. The molecule has 0 aliphatic heterocycles. The van der Waals surface area contributed by atoms with Gasteiger partial charge in [0.2, 0.25) is 0 Å². The van der Waals surface area contributed by atoms with Crippen molar-refractivity contribution in [3.8, 4) is 0 Å². The number of hydrogen-bond acceptors (Lipinski definition) is 4. The van der Waals surface area contributed by atoms with Gasteiger partial charge in [0.25, 0.3) is 5.91 Å². The Hall–Kier alpha value is -2.61. The van der Waals surface area contributed by atoms with Gasteiger partial charge in [0.15, 0.2) is 0 Å². The number of carbonyl (C=O) groups excluding carboxylic acids is 1. The van der Waals surface area contributed by atoms with E-state index in [0.29, 0.717) is 0 Å². The summed E-state index contributed by atoms with van der Waals surface area (Å²) < 4.78 is 38.5. The Bertz CT molecular complexity index is 747. The summed E-state index contributed by atoms with van der Waals surface area (Å²) in [4.78, 5) is 19.5. The first-order chi connectivity index (χ1) is 11.3. The van der Waals surface area contributed by atoms with Crippen LogP contribution in [-0.4, -0.2) is 22.4 Å². The maximum Gasteiger partial charge on any atom is 0.417 e. The number of rotatable bonds is 5. The molecule has 0 aliphatic carbocycles. The lowest BCUT2D eigenvalue weighted by Gasteiger charge is -2.12. The molecule has 126 valence electrons. The first kappa shape index (κ1) is 17.7. The van der Waals surface area contributed by atoms with E-state index in [1.165, 1.54) is 24.5 Å². The first-order valence-corrected chi connectivity index (χ1v) is 7.04. The molecule has 0 saturated heterocycles. The fourth-order valence-corrected chi connectivity index (χ4v) is 1.96. The predicted octanol–water partition coefficient (Wildman–Crippen LogP) is 3.81. The lowest BCUT2D eigenvalue weighted by Crippen LogP contribution is -2.24. The summed E-state index contributed by atoms with van der Waals surface area (Å²) in [7, 11) is 0. The maximum atomic E-state index is 12.8. The maximum absolute atomic E-state index is 12.8. The van der Waals surface area contributed by atoms with Gasteiger partial charge >= 0.3 is 6.18 Å². The highest BCUT2D eigenvalue weighted by Gasteiger charge is 2.33. The van der Waals surface area contributed by atoms with E-state index in [4.69, 9.17) is 11.6 Å². The summed E-state index contributed by atoms with van der Waals surface area (Å²) in [6, 6.07) is 3.38. The number of aromatic nitrogens is 2. The van der Waals surface area contributed by atoms with Crippen LogP contribution in [-0.2, 0) is 6.18 Å². The molecule has 0 saturated carbocycles. The third-order valence-electron chi connectivity index (χ3n) is 2.84. The van der Waals surface area contributed by atoms with Gasteiger partial charge in [-0.1, -0.05) is 17.7 Å². The van der Waals surface area contributed by atoms with Gasteiger partial charge in [-0.05, 0) is 18.2 Å². The van der Waals surface area contributed by atoms with Crippen LogP contribution < -0.4 is 10.6 Å². The average molecular weight is 357 g/mol. The van der Waals surface area contributed by atoms with Gasteiger partial charge in [0.05, 0.1) is 23.0 Å². The molecule has 24 heavy (non-hydrogen) atoms. The molecular weight excluding hydrogens is 345 g/mol. The van der Waals surface area contributed by atoms with Crippen molar-refractivity contribution < 1.29 is 18.0 Å². The van der Waals surface area contributed by atoms with E-state index >= 15 is 0 Å². The van der Waals surface area contributed by atoms with Crippen molar-refractivity contribution in [1.82, 2.24) is 15.3 Å². The van der Waals surface area contributed by atoms with Crippen molar-refractivity contribution >= 4 is 29.0 Å². The van der Waals surface area contributed by atoms with Crippen molar-refractivity contribution in [3.63, 3.8) is 0 Å². The Labute approximate surface area is 140 Å². The molecule has 0 aliphatic rings. The van der Waals surface area contributed by atoms with Crippen LogP contribution in [0.25, 0.3) is 0 Å². The van der Waals surface area contributed by atoms with Crippen LogP contribution in [0.15, 0.2) is 43.2 Å². The number of halogens is 4. The summed E-state index contributed by atoms with van der Waals surface area (Å²) in [5, 5.41) is 4.81. The Morgan fingerprint density at radius 2 is 2.04 bits per heavy atom. The second-order valence-electron chi connectivity index (χ2n) is 4.60. The van der Waals surface area contributed by atoms with E-state index < -0.39 is 22.7 Å². The quantitative estimate of drug-likeness (QED) is 0.799. The van der Waals surface area contributed by atoms with Crippen molar-refractivity contribution in [3.05, 3.63) is 59.5 Å². The number of nitrogens with one attached hydrogen (secondary N) is 2. The SMILES string of the molecule is C=CCNC(=O)c1cnc(Nc2ccc(Cl)c(C(F)(F)F)c2)cn1. The molecule has 2 aromatic rings. The highest BCUT2D eigenvalue weighted by Crippen LogP contribution is 2.36. The zero-order valence-corrected chi connectivity index (χ0v) is 12.9. The summed E-state index contributed by atoms with van der Waals surface area (Å²) in [5.41, 5.74) is -0.734. The largest absolute Gasteiger partial charge is 0.417 e. The molecule has 2 N–H and O–H groups in total. The predicted molar refractivity (Wildman–Crippen MR) is 84.3 cm³/mol. The Morgan fingerprint density at radius 3 is 2.62 bits per heavy atom. The van der Waals surface area contributed by atoms with Gasteiger partial charge in [-0.3, -0.25) is 4.79 Å². The second-order valence-corrected chi connectivity index (χ2v) is 5.01. The van der Waals surface area contributed by atoms with Crippen molar-refractivity contribution in [2.45, 2.75) is 6.18 Å². The molecule has 9 heteroatoms. The number of nitrogens with zero attached hydrogens (tertiary/aromatic N) is 2. The Balaban J connectivity index is 2.14. The van der Waals surface area contributed by atoms with Crippen molar-refractivity contribution in [2.24, 2.45) is 0 Å². The summed E-state index contributed by atoms with van der Waals surface area (Å²) in [5.74, 6) is -0.245. The van der Waals surface area contributed by atoms with Gasteiger partial charge in [0.1, 0.15) is 11.5 Å². The van der Waals surface area contributed by atoms with Crippen LogP contribution in [0.5, 0.6) is 0 Å². The normalized spacial score (nSPS) is 11.0. The topological polar surface area (TPSA) is 66.9 Å². The van der Waals surface area contributed by atoms with Gasteiger partial charge in [-0.25, -0.2) is 9.97 Å². The summed E-state index contributed by atoms with van der Waals surface area (Å²) in [6.07, 6.45) is -0.598. The average Bonchev–Trinajstić information content (AvgIpc) is 2.54. The Morgan fingerprint density at radius 1 is 1.29 bits per heavy atom. The van der Waals surface area contributed by atoms with Crippen LogP contribution in [0.3, 0.4) is 0 Å². The molecule has 1 amide bonds. The number of benzene rings is 1. The number of anilines is 2. The number of amides is 1. The van der Waals surface area contributed by atoms with E-state index in [-0.39, 0.29) is 23.7 Å². The highest BCUT2D eigenvalue weighted by molar-refractivity contribution is 6.31. The van der Waals surface area contributed by atoms with Crippen LogP contribution in [0.1, 0.15) is 16.1 Å². The zero-order valence-electron chi connectivity index (χ0n) is 12.2. The molecule has 1 aromatic heterocycles. The molecule has 0 radical (unpaired) electrons. The summed E-state index contributed by atoms with van der Waals surface area (Å²) >= 11 is 5.55. The first-order valence-electron chi connectivity index (χ1n) is 6.66. The fraction of sp³-hybridized carbons (Fsp3) is 0.133. The molecule has 0 spiro atoms. The minimum Gasteiger partial charge on any atom is -0.347 e. The lowest BCUT2D eigenvalue weighted by molar-refractivity contribution is -0.137. The third-order valence-corrected chi connectivity index (χ3v) is 3.17. The highest BCUT2D eigenvalue weighted by atomic mass is 35.5. The second kappa shape index (κ2) is 7.31. The molecule has 0 unspecified atom stereocenters. The van der Waals surface area contributed by atoms with E-state index in [1.54, 1.807) is 0 Å². The van der Waals surface area contributed by atoms with E-state index in [1.807, 2.05) is 0 Å².